The Labute approximate surface area is 170 Å². The lowest BCUT2D eigenvalue weighted by molar-refractivity contribution is 0.103. The SMILES string of the molecule is CCOC(=O)Oc1c2ccc(Cl)cc2c(OC(=O)OCC)c2cc(Cl)ccc12. The molecule has 0 spiro atoms. The highest BCUT2D eigenvalue weighted by Crippen LogP contribution is 2.44. The number of hydrogen-bond donors (Lipinski definition) is 0. The Hall–Kier alpha value is -2.70. The van der Waals surface area contributed by atoms with Crippen LogP contribution in [0.1, 0.15) is 13.8 Å². The minimum atomic E-state index is -0.871. The third-order valence-corrected chi connectivity index (χ3v) is 4.31. The van der Waals surface area contributed by atoms with Gasteiger partial charge in [-0.05, 0) is 50.2 Å². The second kappa shape index (κ2) is 8.54. The quantitative estimate of drug-likeness (QED) is 0.276. The first-order valence-electron chi connectivity index (χ1n) is 8.48. The van der Waals surface area contributed by atoms with Gasteiger partial charge in [0.05, 0.1) is 13.2 Å². The standard InChI is InChI=1S/C20H16Cl2O6/c1-3-25-19(23)27-17-13-7-5-11(21)9-15(13)18(28-20(24)26-4-2)16-10-12(22)6-8-14(16)17/h5-10H,3-4H2,1-2H3. The van der Waals surface area contributed by atoms with Gasteiger partial charge in [-0.25, -0.2) is 9.59 Å². The molecule has 3 aromatic carbocycles. The van der Waals surface area contributed by atoms with Crippen molar-refractivity contribution in [2.75, 3.05) is 13.2 Å². The van der Waals surface area contributed by atoms with Crippen molar-refractivity contribution in [2.45, 2.75) is 13.8 Å². The van der Waals surface area contributed by atoms with Crippen molar-refractivity contribution in [3.63, 3.8) is 0 Å². The summed E-state index contributed by atoms with van der Waals surface area (Å²) < 4.78 is 20.7. The van der Waals surface area contributed by atoms with E-state index in [4.69, 9.17) is 42.1 Å². The lowest BCUT2D eigenvalue weighted by Crippen LogP contribution is -2.12. The van der Waals surface area contributed by atoms with Crippen LogP contribution in [0.25, 0.3) is 21.5 Å². The van der Waals surface area contributed by atoms with Crippen LogP contribution < -0.4 is 9.47 Å². The highest BCUT2D eigenvalue weighted by atomic mass is 35.5. The molecule has 0 aromatic heterocycles. The summed E-state index contributed by atoms with van der Waals surface area (Å²) in [5.74, 6) is 0.442. The molecule has 0 saturated carbocycles. The van der Waals surface area contributed by atoms with E-state index in [1.54, 1.807) is 50.2 Å². The predicted molar refractivity (Wildman–Crippen MR) is 107 cm³/mol. The van der Waals surface area contributed by atoms with Gasteiger partial charge < -0.3 is 18.9 Å². The molecule has 146 valence electrons. The number of halogens is 2. The Balaban J connectivity index is 2.33. The van der Waals surface area contributed by atoms with E-state index in [1.165, 1.54) is 0 Å². The van der Waals surface area contributed by atoms with Crippen LogP contribution in [-0.4, -0.2) is 25.5 Å². The first-order chi connectivity index (χ1) is 13.4. The second-order valence-corrected chi connectivity index (χ2v) is 6.48. The zero-order valence-corrected chi connectivity index (χ0v) is 16.6. The van der Waals surface area contributed by atoms with Crippen molar-refractivity contribution in [1.29, 1.82) is 0 Å². The fourth-order valence-electron chi connectivity index (χ4n) is 2.78. The number of ether oxygens (including phenoxy) is 4. The maximum absolute atomic E-state index is 12.0. The largest absolute Gasteiger partial charge is 0.513 e. The molecule has 0 aliphatic heterocycles. The Morgan fingerprint density at radius 3 is 1.50 bits per heavy atom. The van der Waals surface area contributed by atoms with Gasteiger partial charge in [-0.2, -0.15) is 0 Å². The molecule has 0 unspecified atom stereocenters. The molecule has 0 saturated heterocycles. The van der Waals surface area contributed by atoms with Crippen molar-refractivity contribution >= 4 is 57.1 Å². The van der Waals surface area contributed by atoms with Gasteiger partial charge in [0.15, 0.2) is 5.75 Å². The lowest BCUT2D eigenvalue weighted by atomic mass is 10.0. The molecule has 0 N–H and O–H groups in total. The monoisotopic (exact) mass is 422 g/mol. The van der Waals surface area contributed by atoms with Crippen LogP contribution in [-0.2, 0) is 9.47 Å². The number of carbonyl (C=O) groups excluding carboxylic acids is 2. The Kier molecular flexibility index (Phi) is 6.11. The summed E-state index contributed by atoms with van der Waals surface area (Å²) >= 11 is 12.3. The van der Waals surface area contributed by atoms with Crippen LogP contribution in [0.3, 0.4) is 0 Å². The second-order valence-electron chi connectivity index (χ2n) is 5.61. The van der Waals surface area contributed by atoms with Crippen molar-refractivity contribution in [3.05, 3.63) is 46.4 Å². The van der Waals surface area contributed by atoms with E-state index in [0.29, 0.717) is 31.6 Å². The highest BCUT2D eigenvalue weighted by molar-refractivity contribution is 6.33. The number of carbonyl (C=O) groups is 2. The first-order valence-corrected chi connectivity index (χ1v) is 9.23. The number of fused-ring (bicyclic) bond motifs is 2. The average Bonchev–Trinajstić information content (AvgIpc) is 2.64. The molecule has 0 amide bonds. The molecule has 0 aliphatic rings. The van der Waals surface area contributed by atoms with Gasteiger partial charge in [0, 0.05) is 31.6 Å². The molecule has 28 heavy (non-hydrogen) atoms. The maximum atomic E-state index is 12.0. The first kappa shape index (κ1) is 20.0. The molecule has 0 radical (unpaired) electrons. The van der Waals surface area contributed by atoms with Crippen molar-refractivity contribution < 1.29 is 28.5 Å². The topological polar surface area (TPSA) is 71.1 Å². The zero-order valence-electron chi connectivity index (χ0n) is 15.1. The highest BCUT2D eigenvalue weighted by Gasteiger charge is 2.21. The molecule has 0 atom stereocenters. The summed E-state index contributed by atoms with van der Waals surface area (Å²) in [7, 11) is 0. The smallest absolute Gasteiger partial charge is 0.434 e. The van der Waals surface area contributed by atoms with E-state index >= 15 is 0 Å². The van der Waals surface area contributed by atoms with Crippen LogP contribution in [0.15, 0.2) is 36.4 Å². The van der Waals surface area contributed by atoms with E-state index in [1.807, 2.05) is 0 Å². The number of benzene rings is 3. The van der Waals surface area contributed by atoms with Crippen molar-refractivity contribution in [3.8, 4) is 11.5 Å². The van der Waals surface area contributed by atoms with E-state index < -0.39 is 12.3 Å². The van der Waals surface area contributed by atoms with Gasteiger partial charge in [0.1, 0.15) is 5.75 Å². The molecule has 0 aliphatic carbocycles. The molecule has 0 bridgehead atoms. The van der Waals surface area contributed by atoms with Gasteiger partial charge >= 0.3 is 12.3 Å². The van der Waals surface area contributed by atoms with Gasteiger partial charge in [-0.15, -0.1) is 0 Å². The molecule has 0 fully saturated rings. The Morgan fingerprint density at radius 1 is 0.714 bits per heavy atom. The van der Waals surface area contributed by atoms with Crippen LogP contribution in [0.5, 0.6) is 11.5 Å². The Morgan fingerprint density at radius 2 is 1.11 bits per heavy atom. The molecular weight excluding hydrogens is 407 g/mol. The van der Waals surface area contributed by atoms with Crippen molar-refractivity contribution in [1.82, 2.24) is 0 Å². The summed E-state index contributed by atoms with van der Waals surface area (Å²) in [5, 5.41) is 2.73. The molecule has 3 rings (SSSR count). The van der Waals surface area contributed by atoms with E-state index in [2.05, 4.69) is 0 Å². The van der Waals surface area contributed by atoms with E-state index in [-0.39, 0.29) is 24.7 Å². The molecule has 0 heterocycles. The zero-order chi connectivity index (χ0) is 20.3. The number of rotatable bonds is 4. The molecular formula is C20H16Cl2O6. The lowest BCUT2D eigenvalue weighted by Gasteiger charge is -2.16. The minimum absolute atomic E-state index is 0.153. The fraction of sp³-hybridized carbons (Fsp3) is 0.200. The van der Waals surface area contributed by atoms with Crippen LogP contribution in [0.4, 0.5) is 9.59 Å². The van der Waals surface area contributed by atoms with Crippen LogP contribution in [0.2, 0.25) is 10.0 Å². The average molecular weight is 423 g/mol. The summed E-state index contributed by atoms with van der Waals surface area (Å²) in [6.07, 6.45) is -1.72. The van der Waals surface area contributed by atoms with Gasteiger partial charge in [-0.1, -0.05) is 23.2 Å². The Bertz CT molecular complexity index is 1000. The fourth-order valence-corrected chi connectivity index (χ4v) is 3.12. The minimum Gasteiger partial charge on any atom is -0.434 e. The summed E-state index contributed by atoms with van der Waals surface area (Å²) in [5.41, 5.74) is 0. The van der Waals surface area contributed by atoms with Gasteiger partial charge in [-0.3, -0.25) is 0 Å². The van der Waals surface area contributed by atoms with Crippen LogP contribution in [0, 0.1) is 0 Å². The normalized spacial score (nSPS) is 10.7. The molecule has 3 aromatic rings. The summed E-state index contributed by atoms with van der Waals surface area (Å²) in [6, 6.07) is 9.81. The third kappa shape index (κ3) is 4.08. The molecule has 6 nitrogen and oxygen atoms in total. The van der Waals surface area contributed by atoms with Gasteiger partial charge in [0.2, 0.25) is 0 Å². The molecule has 8 heteroatoms. The summed E-state index contributed by atoms with van der Waals surface area (Å²) in [4.78, 5) is 24.0. The van der Waals surface area contributed by atoms with E-state index in [9.17, 15) is 9.59 Å². The van der Waals surface area contributed by atoms with E-state index in [0.717, 1.165) is 0 Å². The van der Waals surface area contributed by atoms with Crippen molar-refractivity contribution in [2.24, 2.45) is 0 Å². The number of hydrogen-bond acceptors (Lipinski definition) is 6. The van der Waals surface area contributed by atoms with Crippen LogP contribution >= 0.6 is 23.2 Å². The third-order valence-electron chi connectivity index (χ3n) is 3.84. The summed E-state index contributed by atoms with van der Waals surface area (Å²) in [6.45, 7) is 3.66. The van der Waals surface area contributed by atoms with Gasteiger partial charge in [0.25, 0.3) is 0 Å². The predicted octanol–water partition coefficient (Wildman–Crippen LogP) is 6.37. The maximum Gasteiger partial charge on any atom is 0.513 e.